The fraction of sp³-hybridized carbons (Fsp3) is 0.357. The lowest BCUT2D eigenvalue weighted by Crippen LogP contribution is -2.09. The van der Waals surface area contributed by atoms with Gasteiger partial charge in [0.05, 0.1) is 10.4 Å². The van der Waals surface area contributed by atoms with E-state index in [0.29, 0.717) is 16.3 Å². The summed E-state index contributed by atoms with van der Waals surface area (Å²) in [6.07, 6.45) is 0.864. The number of nitrogens with zero attached hydrogens (tertiary/aromatic N) is 1. The molecular formula is C14H16ClN3OS2. The van der Waals surface area contributed by atoms with Crippen molar-refractivity contribution in [2.75, 3.05) is 17.6 Å². The lowest BCUT2D eigenvalue weighted by Gasteiger charge is -2.12. The molecule has 4 nitrogen and oxygen atoms in total. The molecule has 7 heteroatoms. The van der Waals surface area contributed by atoms with Crippen LogP contribution in [0.2, 0.25) is 4.34 Å². The van der Waals surface area contributed by atoms with Crippen LogP contribution in [0.4, 0.5) is 10.7 Å². The van der Waals surface area contributed by atoms with Crippen molar-refractivity contribution in [1.82, 2.24) is 0 Å². The monoisotopic (exact) mass is 341 g/mol. The van der Waals surface area contributed by atoms with Crippen LogP contribution in [0.1, 0.15) is 23.6 Å². The van der Waals surface area contributed by atoms with Gasteiger partial charge in [-0.1, -0.05) is 11.6 Å². The SMILES string of the molecule is CC(C)Oc1c(NCCc2ccc(Cl)s2)sc(C#N)c1N. The minimum Gasteiger partial charge on any atom is -0.486 e. The van der Waals surface area contributed by atoms with Crippen molar-refractivity contribution in [2.45, 2.75) is 26.4 Å². The van der Waals surface area contributed by atoms with Crippen molar-refractivity contribution in [3.05, 3.63) is 26.2 Å². The van der Waals surface area contributed by atoms with E-state index in [0.717, 1.165) is 22.3 Å². The molecule has 2 rings (SSSR count). The van der Waals surface area contributed by atoms with E-state index in [4.69, 9.17) is 27.3 Å². The molecule has 0 aromatic carbocycles. The average Bonchev–Trinajstić information content (AvgIpc) is 2.96. The Bertz CT molecular complexity index is 658. The molecule has 2 aromatic rings. The van der Waals surface area contributed by atoms with E-state index in [-0.39, 0.29) is 6.10 Å². The molecule has 0 aliphatic rings. The summed E-state index contributed by atoms with van der Waals surface area (Å²) >= 11 is 8.80. The fourth-order valence-corrected chi connectivity index (χ4v) is 3.73. The van der Waals surface area contributed by atoms with E-state index in [1.807, 2.05) is 26.0 Å². The molecule has 0 atom stereocenters. The van der Waals surface area contributed by atoms with Gasteiger partial charge in [-0.2, -0.15) is 5.26 Å². The normalized spacial score (nSPS) is 10.6. The van der Waals surface area contributed by atoms with Crippen LogP contribution >= 0.6 is 34.3 Å². The standard InChI is InChI=1S/C14H16ClN3OS2/c1-8(2)19-13-12(17)10(7-16)21-14(13)18-6-5-9-3-4-11(15)20-9/h3-4,8,18H,5-6,17H2,1-2H3. The van der Waals surface area contributed by atoms with Gasteiger partial charge in [-0.15, -0.1) is 22.7 Å². The van der Waals surface area contributed by atoms with E-state index in [1.54, 1.807) is 11.3 Å². The first-order valence-electron chi connectivity index (χ1n) is 6.48. The molecule has 0 saturated heterocycles. The molecule has 0 unspecified atom stereocenters. The second-order valence-corrected chi connectivity index (χ2v) is 7.48. The molecule has 3 N–H and O–H groups in total. The highest BCUT2D eigenvalue weighted by Crippen LogP contribution is 2.42. The summed E-state index contributed by atoms with van der Waals surface area (Å²) in [7, 11) is 0. The number of nitriles is 1. The Morgan fingerprint density at radius 2 is 2.19 bits per heavy atom. The van der Waals surface area contributed by atoms with Crippen molar-refractivity contribution >= 4 is 45.0 Å². The van der Waals surface area contributed by atoms with Crippen LogP contribution in [0.25, 0.3) is 0 Å². The zero-order valence-corrected chi connectivity index (χ0v) is 14.2. The van der Waals surface area contributed by atoms with Gasteiger partial charge in [-0.3, -0.25) is 0 Å². The summed E-state index contributed by atoms with van der Waals surface area (Å²) in [6.45, 7) is 4.59. The molecule has 2 aromatic heterocycles. The van der Waals surface area contributed by atoms with Crippen LogP contribution in [-0.4, -0.2) is 12.6 Å². The zero-order valence-electron chi connectivity index (χ0n) is 11.8. The molecule has 2 heterocycles. The average molecular weight is 342 g/mol. The predicted octanol–water partition coefficient (Wildman–Crippen LogP) is 4.36. The van der Waals surface area contributed by atoms with Gasteiger partial charge in [0.15, 0.2) is 5.75 Å². The van der Waals surface area contributed by atoms with Crippen LogP contribution in [0.5, 0.6) is 5.75 Å². The molecule has 0 bridgehead atoms. The van der Waals surface area contributed by atoms with Crippen LogP contribution in [-0.2, 0) is 6.42 Å². The highest BCUT2D eigenvalue weighted by atomic mass is 35.5. The third-order valence-corrected chi connectivity index (χ3v) is 4.98. The molecule has 0 saturated carbocycles. The number of thiophene rings is 2. The first-order valence-corrected chi connectivity index (χ1v) is 8.49. The fourth-order valence-electron chi connectivity index (χ4n) is 1.77. The number of hydrogen-bond donors (Lipinski definition) is 2. The number of nitrogens with two attached hydrogens (primary N) is 1. The molecule has 0 aliphatic heterocycles. The van der Waals surface area contributed by atoms with Crippen LogP contribution in [0.3, 0.4) is 0 Å². The number of halogens is 1. The van der Waals surface area contributed by atoms with E-state index >= 15 is 0 Å². The van der Waals surface area contributed by atoms with Crippen molar-refractivity contribution < 1.29 is 4.74 Å². The van der Waals surface area contributed by atoms with Gasteiger partial charge in [-0.25, -0.2) is 0 Å². The number of rotatable bonds is 6. The minimum atomic E-state index is 0.00472. The predicted molar refractivity (Wildman–Crippen MR) is 90.7 cm³/mol. The van der Waals surface area contributed by atoms with Gasteiger partial charge in [0.2, 0.25) is 0 Å². The Morgan fingerprint density at radius 3 is 2.76 bits per heavy atom. The Morgan fingerprint density at radius 1 is 1.43 bits per heavy atom. The number of ether oxygens (including phenoxy) is 1. The van der Waals surface area contributed by atoms with Crippen molar-refractivity contribution in [3.8, 4) is 11.8 Å². The summed E-state index contributed by atoms with van der Waals surface area (Å²) < 4.78 is 6.51. The van der Waals surface area contributed by atoms with Crippen molar-refractivity contribution in [3.63, 3.8) is 0 Å². The number of nitrogens with one attached hydrogen (secondary N) is 1. The van der Waals surface area contributed by atoms with Crippen LogP contribution < -0.4 is 15.8 Å². The van der Waals surface area contributed by atoms with Gasteiger partial charge < -0.3 is 15.8 Å². The smallest absolute Gasteiger partial charge is 0.178 e. The maximum Gasteiger partial charge on any atom is 0.178 e. The molecule has 0 aliphatic carbocycles. The van der Waals surface area contributed by atoms with E-state index in [2.05, 4.69) is 11.4 Å². The van der Waals surface area contributed by atoms with Gasteiger partial charge in [-0.05, 0) is 32.4 Å². The summed E-state index contributed by atoms with van der Waals surface area (Å²) in [6, 6.07) is 6.01. The van der Waals surface area contributed by atoms with Gasteiger partial charge in [0, 0.05) is 11.4 Å². The third kappa shape index (κ3) is 4.03. The first kappa shape index (κ1) is 16.0. The van der Waals surface area contributed by atoms with E-state index < -0.39 is 0 Å². The van der Waals surface area contributed by atoms with Crippen LogP contribution in [0, 0.1) is 11.3 Å². The Labute approximate surface area is 137 Å². The number of nitrogen functional groups attached to an aromatic ring is 1. The molecule has 0 fully saturated rings. The van der Waals surface area contributed by atoms with Crippen molar-refractivity contribution in [2.24, 2.45) is 0 Å². The number of anilines is 2. The lowest BCUT2D eigenvalue weighted by atomic mass is 10.3. The summed E-state index contributed by atoms with van der Waals surface area (Å²) in [4.78, 5) is 1.69. The molecule has 112 valence electrons. The topological polar surface area (TPSA) is 71.1 Å². The zero-order chi connectivity index (χ0) is 15.4. The first-order chi connectivity index (χ1) is 10.0. The van der Waals surface area contributed by atoms with E-state index in [1.165, 1.54) is 16.2 Å². The Kier molecular flexibility index (Phi) is 5.34. The van der Waals surface area contributed by atoms with Gasteiger partial charge >= 0.3 is 0 Å². The second-order valence-electron chi connectivity index (χ2n) is 4.66. The highest BCUT2D eigenvalue weighted by molar-refractivity contribution is 7.17. The molecule has 0 spiro atoms. The van der Waals surface area contributed by atoms with Crippen molar-refractivity contribution in [1.29, 1.82) is 5.26 Å². The highest BCUT2D eigenvalue weighted by Gasteiger charge is 2.18. The molecule has 0 amide bonds. The third-order valence-electron chi connectivity index (χ3n) is 2.64. The summed E-state index contributed by atoms with van der Waals surface area (Å²) in [5.41, 5.74) is 6.37. The Balaban J connectivity index is 2.06. The minimum absolute atomic E-state index is 0.00472. The van der Waals surface area contributed by atoms with Crippen LogP contribution in [0.15, 0.2) is 12.1 Å². The summed E-state index contributed by atoms with van der Waals surface area (Å²) in [5, 5.41) is 13.2. The molecule has 21 heavy (non-hydrogen) atoms. The van der Waals surface area contributed by atoms with E-state index in [9.17, 15) is 0 Å². The largest absolute Gasteiger partial charge is 0.486 e. The quantitative estimate of drug-likeness (QED) is 0.819. The Hall–Kier alpha value is -1.42. The van der Waals surface area contributed by atoms with Gasteiger partial charge in [0.1, 0.15) is 21.6 Å². The molecule has 0 radical (unpaired) electrons. The maximum atomic E-state index is 9.08. The maximum absolute atomic E-state index is 9.08. The summed E-state index contributed by atoms with van der Waals surface area (Å²) in [5.74, 6) is 0.579. The molecular weight excluding hydrogens is 326 g/mol. The second kappa shape index (κ2) is 7.03. The van der Waals surface area contributed by atoms with Gasteiger partial charge in [0.25, 0.3) is 0 Å². The lowest BCUT2D eigenvalue weighted by molar-refractivity contribution is 0.246. The number of hydrogen-bond acceptors (Lipinski definition) is 6.